The number of nitrogens with zero attached hydrogens (tertiary/aromatic N) is 1. The minimum Gasteiger partial charge on any atom is -0.301 e. The molecule has 0 radical (unpaired) electrons. The highest BCUT2D eigenvalue weighted by molar-refractivity contribution is 6.18. The number of rotatable bonds is 2. The molecule has 1 saturated heterocycles. The molecule has 0 aromatic heterocycles. The SMILES string of the molecule is C[C@]12CN(CCCl)C[C@H]1[C@H]1CC[C@@H]2C1.Cl. The molecule has 88 valence electrons. The Morgan fingerprint density at radius 1 is 1.40 bits per heavy atom. The number of hydrogen-bond acceptors (Lipinski definition) is 1. The van der Waals surface area contributed by atoms with Crippen LogP contribution in [-0.4, -0.2) is 30.4 Å². The number of likely N-dealkylation sites (tertiary alicyclic amines) is 1. The van der Waals surface area contributed by atoms with Gasteiger partial charge in [0.05, 0.1) is 0 Å². The van der Waals surface area contributed by atoms with Gasteiger partial charge < -0.3 is 4.90 Å². The number of halogens is 2. The van der Waals surface area contributed by atoms with Gasteiger partial charge in [0, 0.05) is 25.5 Å². The maximum absolute atomic E-state index is 5.83. The zero-order chi connectivity index (χ0) is 9.76. The summed E-state index contributed by atoms with van der Waals surface area (Å²) in [5.74, 6) is 3.91. The topological polar surface area (TPSA) is 3.24 Å². The molecule has 1 nitrogen and oxygen atoms in total. The molecule has 3 fully saturated rings. The molecule has 4 atom stereocenters. The average Bonchev–Trinajstić information content (AvgIpc) is 2.74. The minimum atomic E-state index is 0. The van der Waals surface area contributed by atoms with Gasteiger partial charge in [-0.3, -0.25) is 0 Å². The molecule has 3 heteroatoms. The first-order valence-electron chi connectivity index (χ1n) is 6.02. The quantitative estimate of drug-likeness (QED) is 0.681. The smallest absolute Gasteiger partial charge is 0.0351 e. The van der Waals surface area contributed by atoms with Gasteiger partial charge in [-0.1, -0.05) is 6.92 Å². The first-order valence-corrected chi connectivity index (χ1v) is 6.56. The summed E-state index contributed by atoms with van der Waals surface area (Å²) in [6, 6.07) is 0. The molecule has 0 N–H and O–H groups in total. The van der Waals surface area contributed by atoms with Gasteiger partial charge in [0.25, 0.3) is 0 Å². The molecule has 3 aliphatic rings. The summed E-state index contributed by atoms with van der Waals surface area (Å²) in [6.45, 7) is 6.30. The second-order valence-corrected chi connectivity index (χ2v) is 6.18. The Hall–Kier alpha value is 0.540. The van der Waals surface area contributed by atoms with Crippen LogP contribution in [-0.2, 0) is 0 Å². The lowest BCUT2D eigenvalue weighted by molar-refractivity contribution is 0.151. The van der Waals surface area contributed by atoms with Crippen molar-refractivity contribution in [3.63, 3.8) is 0 Å². The summed E-state index contributed by atoms with van der Waals surface area (Å²) in [4.78, 5) is 2.60. The normalized spacial score (nSPS) is 48.0. The van der Waals surface area contributed by atoms with Crippen molar-refractivity contribution in [3.8, 4) is 0 Å². The van der Waals surface area contributed by atoms with E-state index in [2.05, 4.69) is 11.8 Å². The zero-order valence-electron chi connectivity index (χ0n) is 9.42. The van der Waals surface area contributed by atoms with Crippen molar-refractivity contribution in [2.24, 2.45) is 23.2 Å². The van der Waals surface area contributed by atoms with E-state index in [1.807, 2.05) is 0 Å². The fourth-order valence-corrected chi connectivity index (χ4v) is 4.78. The van der Waals surface area contributed by atoms with Crippen LogP contribution in [0, 0.1) is 23.2 Å². The van der Waals surface area contributed by atoms with E-state index >= 15 is 0 Å². The largest absolute Gasteiger partial charge is 0.301 e. The molecule has 0 aromatic carbocycles. The van der Waals surface area contributed by atoms with Crippen LogP contribution in [0.25, 0.3) is 0 Å². The summed E-state index contributed by atoms with van der Waals surface area (Å²) in [7, 11) is 0. The van der Waals surface area contributed by atoms with E-state index in [-0.39, 0.29) is 12.4 Å². The Balaban J connectivity index is 0.000000853. The van der Waals surface area contributed by atoms with E-state index in [1.54, 1.807) is 0 Å². The van der Waals surface area contributed by atoms with Gasteiger partial charge in [-0.2, -0.15) is 0 Å². The van der Waals surface area contributed by atoms with Gasteiger partial charge in [-0.15, -0.1) is 24.0 Å². The van der Waals surface area contributed by atoms with Gasteiger partial charge >= 0.3 is 0 Å². The predicted molar refractivity (Wildman–Crippen MR) is 66.8 cm³/mol. The molecular weight excluding hydrogens is 229 g/mol. The van der Waals surface area contributed by atoms with Crippen LogP contribution in [0.2, 0.25) is 0 Å². The van der Waals surface area contributed by atoms with Crippen molar-refractivity contribution in [3.05, 3.63) is 0 Å². The third kappa shape index (κ3) is 1.62. The lowest BCUT2D eigenvalue weighted by Gasteiger charge is -2.34. The number of fused-ring (bicyclic) bond motifs is 5. The van der Waals surface area contributed by atoms with Crippen molar-refractivity contribution in [1.29, 1.82) is 0 Å². The Morgan fingerprint density at radius 3 is 2.87 bits per heavy atom. The molecular formula is C12H21Cl2N. The summed E-state index contributed by atoms with van der Waals surface area (Å²) in [5.41, 5.74) is 0.662. The van der Waals surface area contributed by atoms with Gasteiger partial charge in [0.15, 0.2) is 0 Å². The van der Waals surface area contributed by atoms with E-state index in [0.29, 0.717) is 5.41 Å². The standard InChI is InChI=1S/C12H20ClN.ClH/c1-12-8-14(5-4-13)7-11(12)9-2-3-10(12)6-9;/h9-11H,2-8H2,1H3;1H/t9-,10+,11-,12+;/m0./s1. The lowest BCUT2D eigenvalue weighted by atomic mass is 9.70. The van der Waals surface area contributed by atoms with Crippen molar-refractivity contribution in [2.75, 3.05) is 25.5 Å². The highest BCUT2D eigenvalue weighted by Gasteiger charge is 2.58. The summed E-state index contributed by atoms with van der Waals surface area (Å²) in [6.07, 6.45) is 4.56. The van der Waals surface area contributed by atoms with E-state index in [4.69, 9.17) is 11.6 Å². The summed E-state index contributed by atoms with van der Waals surface area (Å²) < 4.78 is 0. The fraction of sp³-hybridized carbons (Fsp3) is 1.00. The molecule has 1 aliphatic heterocycles. The predicted octanol–water partition coefficient (Wildman–Crippen LogP) is 3.02. The van der Waals surface area contributed by atoms with Crippen molar-refractivity contribution in [2.45, 2.75) is 26.2 Å². The molecule has 0 unspecified atom stereocenters. The van der Waals surface area contributed by atoms with Crippen LogP contribution in [0.1, 0.15) is 26.2 Å². The summed E-state index contributed by atoms with van der Waals surface area (Å²) >= 11 is 5.83. The average molecular weight is 250 g/mol. The van der Waals surface area contributed by atoms with E-state index in [9.17, 15) is 0 Å². The van der Waals surface area contributed by atoms with Crippen molar-refractivity contribution in [1.82, 2.24) is 4.90 Å². The maximum Gasteiger partial charge on any atom is 0.0351 e. The van der Waals surface area contributed by atoms with Crippen molar-refractivity contribution < 1.29 is 0 Å². The van der Waals surface area contributed by atoms with Crippen LogP contribution in [0.3, 0.4) is 0 Å². The Morgan fingerprint density at radius 2 is 2.20 bits per heavy atom. The first kappa shape index (κ1) is 12.0. The third-order valence-electron chi connectivity index (χ3n) is 5.24. The number of alkyl halides is 1. The van der Waals surface area contributed by atoms with Crippen LogP contribution in [0.4, 0.5) is 0 Å². The molecule has 0 aromatic rings. The van der Waals surface area contributed by atoms with Crippen LogP contribution >= 0.6 is 24.0 Å². The van der Waals surface area contributed by atoms with Crippen molar-refractivity contribution >= 4 is 24.0 Å². The molecule has 0 amide bonds. The highest BCUT2D eigenvalue weighted by Crippen LogP contribution is 2.62. The van der Waals surface area contributed by atoms with Gasteiger partial charge in [0.1, 0.15) is 0 Å². The van der Waals surface area contributed by atoms with Crippen LogP contribution in [0.5, 0.6) is 0 Å². The molecule has 3 rings (SSSR count). The molecule has 1 heterocycles. The monoisotopic (exact) mass is 249 g/mol. The summed E-state index contributed by atoms with van der Waals surface area (Å²) in [5, 5.41) is 0. The molecule has 2 saturated carbocycles. The Bertz CT molecular complexity index is 246. The second-order valence-electron chi connectivity index (χ2n) is 5.81. The molecule has 15 heavy (non-hydrogen) atoms. The Kier molecular flexibility index (Phi) is 3.27. The van der Waals surface area contributed by atoms with Crippen LogP contribution in [0.15, 0.2) is 0 Å². The fourth-order valence-electron chi connectivity index (χ4n) is 4.54. The van der Waals surface area contributed by atoms with E-state index in [1.165, 1.54) is 32.4 Å². The highest BCUT2D eigenvalue weighted by atomic mass is 35.5. The lowest BCUT2D eigenvalue weighted by Crippen LogP contribution is -2.33. The second kappa shape index (κ2) is 4.09. The molecule has 2 aliphatic carbocycles. The van der Waals surface area contributed by atoms with Crippen LogP contribution < -0.4 is 0 Å². The zero-order valence-corrected chi connectivity index (χ0v) is 11.0. The Labute approximate surface area is 104 Å². The number of hydrogen-bond donors (Lipinski definition) is 0. The molecule has 0 spiro atoms. The maximum atomic E-state index is 5.83. The minimum absolute atomic E-state index is 0. The molecule has 2 bridgehead atoms. The third-order valence-corrected chi connectivity index (χ3v) is 5.41. The van der Waals surface area contributed by atoms with Gasteiger partial charge in [-0.25, -0.2) is 0 Å². The van der Waals surface area contributed by atoms with E-state index in [0.717, 1.165) is 30.2 Å². The van der Waals surface area contributed by atoms with Gasteiger partial charge in [-0.05, 0) is 42.4 Å². The van der Waals surface area contributed by atoms with Gasteiger partial charge in [0.2, 0.25) is 0 Å². The van der Waals surface area contributed by atoms with E-state index < -0.39 is 0 Å². The first-order chi connectivity index (χ1) is 6.74.